The Hall–Kier alpha value is -1.18. The molecule has 0 aromatic heterocycles. The molecule has 7 heteroatoms. The van der Waals surface area contributed by atoms with Crippen LogP contribution < -0.4 is 5.32 Å². The third-order valence-electron chi connectivity index (χ3n) is 3.80. The Balaban J connectivity index is 2.84. The fraction of sp³-hybridized carbons (Fsp3) is 0.857. The number of carbonyl (C=O) groups excluding carboxylic acids is 2. The third kappa shape index (κ3) is 4.66. The lowest BCUT2D eigenvalue weighted by Gasteiger charge is -2.33. The largest absolute Gasteiger partial charge is 0.384 e. The van der Waals surface area contributed by atoms with Gasteiger partial charge in [0.1, 0.15) is 0 Å². The van der Waals surface area contributed by atoms with Gasteiger partial charge in [-0.3, -0.25) is 9.59 Å². The lowest BCUT2D eigenvalue weighted by atomic mass is 9.86. The molecule has 1 aliphatic heterocycles. The van der Waals surface area contributed by atoms with Crippen molar-refractivity contribution in [3.05, 3.63) is 0 Å². The standard InChI is InChI=1S/C14H27N3O4/c1-16(2)12(18)9-17(7-8-20-3)13(19)14(11-21-4)5-6-15-10-14/h15H,5-11H2,1-4H3. The van der Waals surface area contributed by atoms with Crippen molar-refractivity contribution < 1.29 is 19.1 Å². The van der Waals surface area contributed by atoms with E-state index in [1.807, 2.05) is 0 Å². The average Bonchev–Trinajstić information content (AvgIpc) is 2.92. The van der Waals surface area contributed by atoms with Crippen LogP contribution in [0.25, 0.3) is 0 Å². The second-order valence-electron chi connectivity index (χ2n) is 5.65. The van der Waals surface area contributed by atoms with Gasteiger partial charge in [0.25, 0.3) is 0 Å². The van der Waals surface area contributed by atoms with Gasteiger partial charge in [-0.1, -0.05) is 0 Å². The zero-order valence-corrected chi connectivity index (χ0v) is 13.5. The van der Waals surface area contributed by atoms with Crippen LogP contribution in [-0.4, -0.2) is 89.3 Å². The molecule has 0 spiro atoms. The molecular formula is C14H27N3O4. The van der Waals surface area contributed by atoms with Crippen molar-refractivity contribution >= 4 is 11.8 Å². The second kappa shape index (κ2) is 8.31. The van der Waals surface area contributed by atoms with E-state index in [0.29, 0.717) is 26.3 Å². The molecule has 1 N–H and O–H groups in total. The van der Waals surface area contributed by atoms with E-state index in [0.717, 1.165) is 13.0 Å². The quantitative estimate of drug-likeness (QED) is 0.634. The van der Waals surface area contributed by atoms with Gasteiger partial charge in [0.15, 0.2) is 0 Å². The molecule has 0 aliphatic carbocycles. The number of methoxy groups -OCH3 is 2. The highest BCUT2D eigenvalue weighted by atomic mass is 16.5. The van der Waals surface area contributed by atoms with Crippen LogP contribution in [0.5, 0.6) is 0 Å². The first kappa shape index (κ1) is 17.9. The number of likely N-dealkylation sites (N-methyl/N-ethyl adjacent to an activating group) is 1. The Kier molecular flexibility index (Phi) is 7.07. The lowest BCUT2D eigenvalue weighted by molar-refractivity contribution is -0.149. The van der Waals surface area contributed by atoms with E-state index in [4.69, 9.17) is 9.47 Å². The minimum absolute atomic E-state index is 0.0402. The van der Waals surface area contributed by atoms with Gasteiger partial charge in [-0.05, 0) is 13.0 Å². The lowest BCUT2D eigenvalue weighted by Crippen LogP contribution is -2.51. The molecule has 1 atom stereocenters. The van der Waals surface area contributed by atoms with Crippen molar-refractivity contribution in [2.24, 2.45) is 5.41 Å². The van der Waals surface area contributed by atoms with Gasteiger partial charge >= 0.3 is 0 Å². The Morgan fingerprint density at radius 1 is 1.24 bits per heavy atom. The average molecular weight is 301 g/mol. The first-order valence-electron chi connectivity index (χ1n) is 7.15. The maximum atomic E-state index is 12.9. The Bertz CT molecular complexity index is 354. The number of hydrogen-bond donors (Lipinski definition) is 1. The van der Waals surface area contributed by atoms with Gasteiger partial charge in [0.2, 0.25) is 11.8 Å². The van der Waals surface area contributed by atoms with Gasteiger partial charge in [-0.15, -0.1) is 0 Å². The molecule has 0 aromatic rings. The fourth-order valence-electron chi connectivity index (χ4n) is 2.48. The maximum Gasteiger partial charge on any atom is 0.241 e. The van der Waals surface area contributed by atoms with Gasteiger partial charge < -0.3 is 24.6 Å². The van der Waals surface area contributed by atoms with E-state index in [-0.39, 0.29) is 18.4 Å². The summed E-state index contributed by atoms with van der Waals surface area (Å²) in [5.74, 6) is -0.139. The highest BCUT2D eigenvalue weighted by Gasteiger charge is 2.44. The van der Waals surface area contributed by atoms with E-state index < -0.39 is 5.41 Å². The van der Waals surface area contributed by atoms with E-state index in [1.165, 1.54) is 4.90 Å². The van der Waals surface area contributed by atoms with E-state index >= 15 is 0 Å². The number of amides is 2. The minimum Gasteiger partial charge on any atom is -0.384 e. The molecule has 1 heterocycles. The summed E-state index contributed by atoms with van der Waals surface area (Å²) in [7, 11) is 6.54. The molecule has 0 saturated carbocycles. The predicted octanol–water partition coefficient (Wildman–Crippen LogP) is -0.824. The van der Waals surface area contributed by atoms with Crippen molar-refractivity contribution in [1.29, 1.82) is 0 Å². The minimum atomic E-state index is -0.574. The van der Waals surface area contributed by atoms with Gasteiger partial charge in [-0.2, -0.15) is 0 Å². The topological polar surface area (TPSA) is 71.1 Å². The molecule has 1 rings (SSSR count). The van der Waals surface area contributed by atoms with E-state index in [1.54, 1.807) is 33.2 Å². The molecular weight excluding hydrogens is 274 g/mol. The predicted molar refractivity (Wildman–Crippen MR) is 78.9 cm³/mol. The van der Waals surface area contributed by atoms with Gasteiger partial charge in [-0.25, -0.2) is 0 Å². The van der Waals surface area contributed by atoms with Crippen LogP contribution in [0.2, 0.25) is 0 Å². The molecule has 1 saturated heterocycles. The summed E-state index contributed by atoms with van der Waals surface area (Å²) in [6, 6.07) is 0. The highest BCUT2D eigenvalue weighted by Crippen LogP contribution is 2.28. The van der Waals surface area contributed by atoms with E-state index in [2.05, 4.69) is 5.32 Å². The van der Waals surface area contributed by atoms with Crippen LogP contribution in [0, 0.1) is 5.41 Å². The molecule has 122 valence electrons. The summed E-state index contributed by atoms with van der Waals surface area (Å²) in [4.78, 5) is 27.9. The van der Waals surface area contributed by atoms with Crippen LogP contribution >= 0.6 is 0 Å². The third-order valence-corrected chi connectivity index (χ3v) is 3.80. The number of hydrogen-bond acceptors (Lipinski definition) is 5. The second-order valence-corrected chi connectivity index (χ2v) is 5.65. The maximum absolute atomic E-state index is 12.9. The molecule has 0 aromatic carbocycles. The summed E-state index contributed by atoms with van der Waals surface area (Å²) in [6.07, 6.45) is 0.722. The summed E-state index contributed by atoms with van der Waals surface area (Å²) in [6.45, 7) is 2.61. The van der Waals surface area contributed by atoms with Crippen molar-refractivity contribution in [1.82, 2.24) is 15.1 Å². The van der Waals surface area contributed by atoms with Crippen molar-refractivity contribution in [2.45, 2.75) is 6.42 Å². The number of carbonyl (C=O) groups is 2. The van der Waals surface area contributed by atoms with Crippen molar-refractivity contribution in [2.75, 3.05) is 67.7 Å². The number of rotatable bonds is 8. The number of ether oxygens (including phenoxy) is 2. The zero-order chi connectivity index (χ0) is 15.9. The van der Waals surface area contributed by atoms with Gasteiger partial charge in [0.05, 0.1) is 25.2 Å². The summed E-state index contributed by atoms with van der Waals surface area (Å²) < 4.78 is 10.3. The molecule has 0 radical (unpaired) electrons. The fourth-order valence-corrected chi connectivity index (χ4v) is 2.48. The van der Waals surface area contributed by atoms with Crippen LogP contribution in [0.4, 0.5) is 0 Å². The molecule has 1 aliphatic rings. The van der Waals surface area contributed by atoms with Crippen LogP contribution in [0.1, 0.15) is 6.42 Å². The molecule has 2 amide bonds. The first-order chi connectivity index (χ1) is 9.96. The molecule has 1 unspecified atom stereocenters. The van der Waals surface area contributed by atoms with E-state index in [9.17, 15) is 9.59 Å². The highest BCUT2D eigenvalue weighted by molar-refractivity contribution is 5.88. The van der Waals surface area contributed by atoms with Crippen LogP contribution in [0.15, 0.2) is 0 Å². The Morgan fingerprint density at radius 3 is 2.43 bits per heavy atom. The Labute approximate surface area is 126 Å². The van der Waals surface area contributed by atoms with Crippen molar-refractivity contribution in [3.63, 3.8) is 0 Å². The monoisotopic (exact) mass is 301 g/mol. The number of nitrogens with zero attached hydrogens (tertiary/aromatic N) is 2. The summed E-state index contributed by atoms with van der Waals surface area (Å²) in [5, 5.41) is 3.21. The molecule has 1 fully saturated rings. The molecule has 21 heavy (non-hydrogen) atoms. The SMILES string of the molecule is COCCN(CC(=O)N(C)C)C(=O)C1(COC)CCNC1. The Morgan fingerprint density at radius 2 is 1.95 bits per heavy atom. The normalized spacial score (nSPS) is 21.3. The zero-order valence-electron chi connectivity index (χ0n) is 13.5. The summed E-state index contributed by atoms with van der Waals surface area (Å²) >= 11 is 0. The first-order valence-corrected chi connectivity index (χ1v) is 7.15. The smallest absolute Gasteiger partial charge is 0.241 e. The van der Waals surface area contributed by atoms with Gasteiger partial charge in [0, 0.05) is 41.4 Å². The summed E-state index contributed by atoms with van der Waals surface area (Å²) in [5.41, 5.74) is -0.574. The number of nitrogens with one attached hydrogen (secondary N) is 1. The molecule has 0 bridgehead atoms. The van der Waals surface area contributed by atoms with Crippen LogP contribution in [-0.2, 0) is 19.1 Å². The van der Waals surface area contributed by atoms with Crippen molar-refractivity contribution in [3.8, 4) is 0 Å². The molecule has 7 nitrogen and oxygen atoms in total. The van der Waals surface area contributed by atoms with Crippen LogP contribution in [0.3, 0.4) is 0 Å².